The number of halogens is 2. The molecule has 0 N–H and O–H groups in total. The summed E-state index contributed by atoms with van der Waals surface area (Å²) in [4.78, 5) is 0. The molecule has 0 aliphatic rings. The number of benzene rings is 5. The Kier molecular flexibility index (Phi) is 16.8. The van der Waals surface area contributed by atoms with Gasteiger partial charge in [-0.15, -0.1) is 93.4 Å². The Morgan fingerprint density at radius 1 is 0.553 bits per heavy atom. The molecular weight excluding hydrogens is 707 g/mol. The van der Waals surface area contributed by atoms with Crippen molar-refractivity contribution in [1.29, 1.82) is 0 Å². The van der Waals surface area contributed by atoms with Gasteiger partial charge < -0.3 is 14.9 Å². The van der Waals surface area contributed by atoms with E-state index in [1.54, 1.807) is 0 Å². The number of fused-ring (bicyclic) bond motifs is 3. The van der Waals surface area contributed by atoms with Crippen molar-refractivity contribution in [2.45, 2.75) is 47.5 Å². The second kappa shape index (κ2) is 18.7. The van der Waals surface area contributed by atoms with E-state index in [2.05, 4.69) is 164 Å². The summed E-state index contributed by atoms with van der Waals surface area (Å²) in [6.07, 6.45) is 0. The van der Waals surface area contributed by atoms with Crippen LogP contribution in [0.1, 0.15) is 47.6 Å². The quantitative estimate of drug-likeness (QED) is 0.125. The molecule has 0 unspecified atom stereocenters. The third-order valence-corrected chi connectivity index (χ3v) is 8.66. The van der Waals surface area contributed by atoms with Crippen LogP contribution in [0.4, 0.5) is 0 Å². The average molecular weight is 753 g/mol. The Morgan fingerprint density at radius 3 is 1.83 bits per heavy atom. The molecule has 7 rings (SSSR count). The molecule has 7 aromatic rings. The van der Waals surface area contributed by atoms with E-state index in [1.165, 1.54) is 106 Å². The van der Waals surface area contributed by atoms with E-state index in [-0.39, 0.29) is 39.7 Å². The second-order valence-corrected chi connectivity index (χ2v) is 11.8. The predicted octanol–water partition coefficient (Wildman–Crippen LogP) is 13.3. The van der Waals surface area contributed by atoms with E-state index in [0.717, 1.165) is 0 Å². The summed E-state index contributed by atoms with van der Waals surface area (Å²) in [6.45, 7) is 16.3. The van der Waals surface area contributed by atoms with Gasteiger partial charge in [0.15, 0.2) is 0 Å². The Balaban J connectivity index is 0.000000414. The first-order valence-electron chi connectivity index (χ1n) is 15.0. The first kappa shape index (κ1) is 42.3. The zero-order chi connectivity index (χ0) is 30.7. The molecule has 4 heteroatoms. The van der Waals surface area contributed by atoms with Crippen molar-refractivity contribution in [1.82, 2.24) is 0 Å². The topological polar surface area (TPSA) is 0 Å². The van der Waals surface area contributed by atoms with E-state index >= 15 is 0 Å². The van der Waals surface area contributed by atoms with Crippen LogP contribution in [-0.4, -0.2) is 6.88 Å². The maximum absolute atomic E-state index is 3.06. The van der Waals surface area contributed by atoms with Gasteiger partial charge in [-0.2, -0.15) is 12.1 Å². The van der Waals surface area contributed by atoms with Gasteiger partial charge in [0.05, 0.1) is 0 Å². The third kappa shape index (κ3) is 8.84. The van der Waals surface area contributed by atoms with Crippen LogP contribution in [0.15, 0.2) is 115 Å². The molecule has 0 saturated heterocycles. The van der Waals surface area contributed by atoms with Gasteiger partial charge in [-0.3, -0.25) is 0 Å². The molecule has 2 radical (unpaired) electrons. The van der Waals surface area contributed by atoms with Crippen molar-refractivity contribution in [2.75, 3.05) is 0 Å². The van der Waals surface area contributed by atoms with Crippen LogP contribution >= 0.6 is 24.8 Å². The van der Waals surface area contributed by atoms with Gasteiger partial charge in [0, 0.05) is 0 Å². The van der Waals surface area contributed by atoms with Gasteiger partial charge >= 0.3 is 30.2 Å². The van der Waals surface area contributed by atoms with Crippen LogP contribution in [-0.2, 0) is 23.3 Å². The van der Waals surface area contributed by atoms with Crippen LogP contribution in [0.2, 0.25) is 0 Å². The summed E-state index contributed by atoms with van der Waals surface area (Å²) in [5.74, 6) is 0.578. The van der Waals surface area contributed by atoms with Crippen molar-refractivity contribution in [3.05, 3.63) is 158 Å². The average Bonchev–Trinajstić information content (AvgIpc) is 3.65. The van der Waals surface area contributed by atoms with Gasteiger partial charge in [0.25, 0.3) is 0 Å². The van der Waals surface area contributed by atoms with E-state index in [9.17, 15) is 0 Å². The van der Waals surface area contributed by atoms with E-state index in [1.807, 2.05) is 0 Å². The molecule has 0 aliphatic carbocycles. The van der Waals surface area contributed by atoms with E-state index in [4.69, 9.17) is 0 Å². The number of aryl methyl sites for hydroxylation is 3. The molecule has 0 aromatic heterocycles. The molecule has 0 aliphatic heterocycles. The fourth-order valence-corrected chi connectivity index (χ4v) is 6.15. The Labute approximate surface area is 312 Å². The normalized spacial score (nSPS) is 10.0. The fourth-order valence-electron chi connectivity index (χ4n) is 6.15. The summed E-state index contributed by atoms with van der Waals surface area (Å²) in [6, 6.07) is 42.2. The summed E-state index contributed by atoms with van der Waals surface area (Å²) in [5.41, 5.74) is 12.2. The molecule has 7 aromatic carbocycles. The number of hydrogen-bond donors (Lipinski definition) is 0. The predicted molar refractivity (Wildman–Crippen MR) is 214 cm³/mol. The Bertz CT molecular complexity index is 2040. The molecule has 0 amide bonds. The zero-order valence-electron chi connectivity index (χ0n) is 28.9. The van der Waals surface area contributed by atoms with E-state index < -0.39 is 0 Å². The molecule has 0 fully saturated rings. The molecular formula is C43H46Cl2SiZr-4. The van der Waals surface area contributed by atoms with Crippen molar-refractivity contribution in [3.63, 3.8) is 0 Å². The van der Waals surface area contributed by atoms with Crippen LogP contribution in [0.25, 0.3) is 54.6 Å². The van der Waals surface area contributed by atoms with E-state index in [0.29, 0.717) is 5.92 Å². The minimum atomic E-state index is 0. The van der Waals surface area contributed by atoms with Gasteiger partial charge in [-0.1, -0.05) is 112 Å². The summed E-state index contributed by atoms with van der Waals surface area (Å²) in [5, 5.41) is 8.09. The minimum absolute atomic E-state index is 0. The number of rotatable bonds is 3. The SMILES string of the molecule is Cc1cc2c(-c3cccc4ccccc34)ccc(C)c2[cH-]1.Cc1cccc(-c2cccc3[cH-]c(C(C)C)cc23)c1C.Cl.Cl.[CH3-].[CH3-].[Si]=[Zr]. The molecule has 47 heavy (non-hydrogen) atoms. The molecule has 0 spiro atoms. The Morgan fingerprint density at radius 2 is 1.13 bits per heavy atom. The standard InChI is InChI=1S/C21H17.C20H21.2CH3.2ClH.Si.Zr/c1-14-12-20-15(2)10-11-19(21(20)13-14)18-9-5-7-16-6-3-4-8-17(16)18;1-13(2)17-11-16-8-6-10-19(20(16)12-17)18-9-5-7-14(3)15(18)4;;;;;;/h3-13H,1-2H3;5-13H,1-4H3;2*1H3;2*1H;;/q4*-1;;;;. The summed E-state index contributed by atoms with van der Waals surface area (Å²) in [7, 11) is 0. The fraction of sp³-hybridized carbons (Fsp3) is 0.163. The molecule has 0 saturated carbocycles. The first-order chi connectivity index (χ1) is 20.8. The van der Waals surface area contributed by atoms with Crippen molar-refractivity contribution >= 4 is 64.0 Å². The maximum atomic E-state index is 3.06. The molecule has 0 nitrogen and oxygen atoms in total. The van der Waals surface area contributed by atoms with Crippen LogP contribution in [0.5, 0.6) is 0 Å². The zero-order valence-corrected chi connectivity index (χ0v) is 34.0. The number of hydrogen-bond acceptors (Lipinski definition) is 0. The van der Waals surface area contributed by atoms with Crippen molar-refractivity contribution < 1.29 is 23.3 Å². The first-order valence-corrected chi connectivity index (χ1v) is 19.2. The molecule has 244 valence electrons. The summed E-state index contributed by atoms with van der Waals surface area (Å²) >= 11 is 1.36. The van der Waals surface area contributed by atoms with Crippen LogP contribution in [0, 0.1) is 42.5 Å². The Hall–Kier alpha value is -2.74. The van der Waals surface area contributed by atoms with Crippen LogP contribution in [0.3, 0.4) is 0 Å². The van der Waals surface area contributed by atoms with Crippen molar-refractivity contribution in [3.8, 4) is 22.3 Å². The van der Waals surface area contributed by atoms with Gasteiger partial charge in [0.1, 0.15) is 0 Å². The third-order valence-electron chi connectivity index (χ3n) is 8.66. The molecule has 0 heterocycles. The second-order valence-electron chi connectivity index (χ2n) is 11.8. The molecule has 0 bridgehead atoms. The van der Waals surface area contributed by atoms with Gasteiger partial charge in [-0.25, -0.2) is 0 Å². The van der Waals surface area contributed by atoms with Gasteiger partial charge in [0.2, 0.25) is 0 Å². The summed E-state index contributed by atoms with van der Waals surface area (Å²) < 4.78 is 0. The van der Waals surface area contributed by atoms with Crippen molar-refractivity contribution in [2.24, 2.45) is 0 Å². The molecule has 0 atom stereocenters. The van der Waals surface area contributed by atoms with Crippen LogP contribution < -0.4 is 0 Å². The van der Waals surface area contributed by atoms with Gasteiger partial charge in [-0.05, 0) is 52.8 Å². The monoisotopic (exact) mass is 750 g/mol.